The fraction of sp³-hybridized carbons (Fsp3) is 0.0625. The first-order valence-electron chi connectivity index (χ1n) is 6.39. The fourth-order valence-corrected chi connectivity index (χ4v) is 2.00. The number of benzene rings is 2. The van der Waals surface area contributed by atoms with Crippen LogP contribution in [0.4, 0.5) is 0 Å². The van der Waals surface area contributed by atoms with Gasteiger partial charge in [0.25, 0.3) is 5.56 Å². The van der Waals surface area contributed by atoms with Crippen molar-refractivity contribution in [2.45, 2.75) is 6.54 Å². The van der Waals surface area contributed by atoms with E-state index in [1.807, 2.05) is 54.6 Å². The van der Waals surface area contributed by atoms with Crippen LogP contribution in [-0.2, 0) is 6.54 Å². The smallest absolute Gasteiger partial charge is 0.267 e. The number of rotatable bonds is 3. The summed E-state index contributed by atoms with van der Waals surface area (Å²) in [6, 6.07) is 17.2. The second-order valence-electron chi connectivity index (χ2n) is 4.41. The molecule has 0 saturated heterocycles. The monoisotopic (exact) mass is 263 g/mol. The third-order valence-corrected chi connectivity index (χ3v) is 3.02. The molecular weight excluding hydrogens is 250 g/mol. The average Bonchev–Trinajstić information content (AvgIpc) is 2.51. The zero-order valence-electron chi connectivity index (χ0n) is 10.8. The predicted molar refractivity (Wildman–Crippen MR) is 79.3 cm³/mol. The molecule has 98 valence electrons. The first kappa shape index (κ1) is 12.3. The highest BCUT2D eigenvalue weighted by Gasteiger charge is 2.02. The molecule has 0 unspecified atom stereocenters. The van der Waals surface area contributed by atoms with Gasteiger partial charge < -0.3 is 0 Å². The Bertz CT molecular complexity index is 807. The molecule has 0 amide bonds. The van der Waals surface area contributed by atoms with Crippen LogP contribution in [-0.4, -0.2) is 15.0 Å². The Hall–Kier alpha value is -2.75. The lowest BCUT2D eigenvalue weighted by molar-refractivity contribution is 0.612. The number of aromatic nitrogens is 3. The molecule has 1 aromatic heterocycles. The van der Waals surface area contributed by atoms with Gasteiger partial charge in [-0.05, 0) is 17.7 Å². The van der Waals surface area contributed by atoms with Gasteiger partial charge in [-0.15, -0.1) is 5.10 Å². The molecule has 4 heteroatoms. The van der Waals surface area contributed by atoms with E-state index < -0.39 is 0 Å². The van der Waals surface area contributed by atoms with Crippen molar-refractivity contribution < 1.29 is 0 Å². The van der Waals surface area contributed by atoms with Crippen LogP contribution in [0.1, 0.15) is 5.56 Å². The van der Waals surface area contributed by atoms with Gasteiger partial charge in [-0.3, -0.25) is 4.79 Å². The number of fused-ring (bicyclic) bond motifs is 1. The molecule has 1 heterocycles. The van der Waals surface area contributed by atoms with Crippen LogP contribution in [0.15, 0.2) is 65.5 Å². The highest BCUT2D eigenvalue weighted by Crippen LogP contribution is 2.04. The van der Waals surface area contributed by atoms with E-state index in [-0.39, 0.29) is 5.56 Å². The molecule has 20 heavy (non-hydrogen) atoms. The molecule has 0 spiro atoms. The summed E-state index contributed by atoms with van der Waals surface area (Å²) in [5.41, 5.74) is 1.60. The zero-order chi connectivity index (χ0) is 13.8. The van der Waals surface area contributed by atoms with E-state index in [4.69, 9.17) is 0 Å². The number of nitrogens with zero attached hydrogens (tertiary/aromatic N) is 3. The Morgan fingerprint density at radius 3 is 2.60 bits per heavy atom. The van der Waals surface area contributed by atoms with E-state index in [1.165, 1.54) is 4.68 Å². The van der Waals surface area contributed by atoms with Crippen molar-refractivity contribution in [1.29, 1.82) is 0 Å². The van der Waals surface area contributed by atoms with E-state index in [0.717, 1.165) is 5.56 Å². The van der Waals surface area contributed by atoms with Crippen LogP contribution >= 0.6 is 0 Å². The van der Waals surface area contributed by atoms with Gasteiger partial charge in [-0.25, -0.2) is 4.68 Å². The lowest BCUT2D eigenvalue weighted by Gasteiger charge is -2.01. The van der Waals surface area contributed by atoms with Crippen molar-refractivity contribution in [3.05, 3.63) is 76.6 Å². The number of hydrogen-bond donors (Lipinski definition) is 0. The third-order valence-electron chi connectivity index (χ3n) is 3.02. The first-order valence-corrected chi connectivity index (χ1v) is 6.39. The van der Waals surface area contributed by atoms with Crippen molar-refractivity contribution in [1.82, 2.24) is 15.0 Å². The lowest BCUT2D eigenvalue weighted by atomic mass is 10.2. The molecule has 0 radical (unpaired) electrons. The number of allylic oxidation sites excluding steroid dienone is 1. The Morgan fingerprint density at radius 1 is 1.00 bits per heavy atom. The summed E-state index contributed by atoms with van der Waals surface area (Å²) in [7, 11) is 0. The van der Waals surface area contributed by atoms with Gasteiger partial charge in [0.15, 0.2) is 0 Å². The molecule has 0 bridgehead atoms. The summed E-state index contributed by atoms with van der Waals surface area (Å²) in [4.78, 5) is 12.2. The van der Waals surface area contributed by atoms with Crippen molar-refractivity contribution in [2.24, 2.45) is 0 Å². The molecule has 0 saturated carbocycles. The van der Waals surface area contributed by atoms with Crippen molar-refractivity contribution in [3.8, 4) is 0 Å². The maximum absolute atomic E-state index is 12.2. The molecule has 3 rings (SSSR count). The van der Waals surface area contributed by atoms with Crippen LogP contribution < -0.4 is 5.56 Å². The standard InChI is InChI=1S/C16H13N3O/c20-16-14-10-4-5-11-15(14)17-18-19(16)12-6-9-13-7-2-1-3-8-13/h1-11H,12H2/b9-6+. The normalized spacial score (nSPS) is 11.2. The van der Waals surface area contributed by atoms with Crippen LogP contribution in [0.25, 0.3) is 17.0 Å². The zero-order valence-corrected chi connectivity index (χ0v) is 10.8. The summed E-state index contributed by atoms with van der Waals surface area (Å²) in [6.07, 6.45) is 3.86. The molecule has 0 fully saturated rings. The summed E-state index contributed by atoms with van der Waals surface area (Å²) in [5, 5.41) is 8.58. The highest BCUT2D eigenvalue weighted by molar-refractivity contribution is 5.76. The SMILES string of the molecule is O=c1c2ccccc2nnn1C/C=C/c1ccccc1. The van der Waals surface area contributed by atoms with Gasteiger partial charge in [-0.1, -0.05) is 59.8 Å². The first-order chi connectivity index (χ1) is 9.84. The molecular formula is C16H13N3O. The highest BCUT2D eigenvalue weighted by atomic mass is 16.1. The Morgan fingerprint density at radius 2 is 1.75 bits per heavy atom. The minimum atomic E-state index is -0.117. The third kappa shape index (κ3) is 2.49. The molecule has 0 N–H and O–H groups in total. The van der Waals surface area contributed by atoms with Crippen LogP contribution in [0.2, 0.25) is 0 Å². The van der Waals surface area contributed by atoms with Gasteiger partial charge in [0.05, 0.1) is 11.9 Å². The summed E-state index contributed by atoms with van der Waals surface area (Å²) in [6.45, 7) is 0.408. The predicted octanol–water partition coefficient (Wildman–Crippen LogP) is 2.50. The summed E-state index contributed by atoms with van der Waals surface area (Å²) in [5.74, 6) is 0. The molecule has 0 aliphatic heterocycles. The topological polar surface area (TPSA) is 47.8 Å². The maximum Gasteiger partial charge on any atom is 0.277 e. The fourth-order valence-electron chi connectivity index (χ4n) is 2.00. The van der Waals surface area contributed by atoms with Crippen LogP contribution in [0.3, 0.4) is 0 Å². The van der Waals surface area contributed by atoms with Crippen molar-refractivity contribution >= 4 is 17.0 Å². The van der Waals surface area contributed by atoms with E-state index in [9.17, 15) is 4.79 Å². The minimum absolute atomic E-state index is 0.117. The van der Waals surface area contributed by atoms with Gasteiger partial charge in [0.2, 0.25) is 0 Å². The second-order valence-corrected chi connectivity index (χ2v) is 4.41. The largest absolute Gasteiger partial charge is 0.277 e. The molecule has 3 aromatic rings. The quantitative estimate of drug-likeness (QED) is 0.729. The van der Waals surface area contributed by atoms with E-state index in [0.29, 0.717) is 17.4 Å². The Labute approximate surface area is 116 Å². The average molecular weight is 263 g/mol. The van der Waals surface area contributed by atoms with Crippen LogP contribution in [0.5, 0.6) is 0 Å². The van der Waals surface area contributed by atoms with Crippen molar-refractivity contribution in [3.63, 3.8) is 0 Å². The van der Waals surface area contributed by atoms with Gasteiger partial charge >= 0.3 is 0 Å². The van der Waals surface area contributed by atoms with Crippen LogP contribution in [0, 0.1) is 0 Å². The molecule has 4 nitrogen and oxygen atoms in total. The van der Waals surface area contributed by atoms with E-state index in [1.54, 1.807) is 12.1 Å². The molecule has 0 aliphatic carbocycles. The summed E-state index contributed by atoms with van der Waals surface area (Å²) < 4.78 is 1.36. The van der Waals surface area contributed by atoms with Crippen molar-refractivity contribution in [2.75, 3.05) is 0 Å². The maximum atomic E-state index is 12.2. The van der Waals surface area contributed by atoms with Gasteiger partial charge in [0, 0.05) is 0 Å². The van der Waals surface area contributed by atoms with Gasteiger partial charge in [0.1, 0.15) is 5.52 Å². The van der Waals surface area contributed by atoms with Gasteiger partial charge in [-0.2, -0.15) is 0 Å². The molecule has 0 aliphatic rings. The molecule has 0 atom stereocenters. The van der Waals surface area contributed by atoms with E-state index in [2.05, 4.69) is 10.3 Å². The second kappa shape index (κ2) is 5.48. The Balaban J connectivity index is 1.87. The van der Waals surface area contributed by atoms with E-state index >= 15 is 0 Å². The minimum Gasteiger partial charge on any atom is -0.267 e. The lowest BCUT2D eigenvalue weighted by Crippen LogP contribution is -2.23. The summed E-state index contributed by atoms with van der Waals surface area (Å²) >= 11 is 0. The Kier molecular flexibility index (Phi) is 3.37. The molecule has 2 aromatic carbocycles. The number of hydrogen-bond acceptors (Lipinski definition) is 3.